The van der Waals surface area contributed by atoms with Crippen LogP contribution in [0.4, 0.5) is 0 Å². The Hall–Kier alpha value is -1.05. The zero-order valence-electron chi connectivity index (χ0n) is 13.9. The van der Waals surface area contributed by atoms with Crippen LogP contribution >= 0.6 is 0 Å². The molecule has 0 spiro atoms. The summed E-state index contributed by atoms with van der Waals surface area (Å²) in [6, 6.07) is 0. The van der Waals surface area contributed by atoms with Crippen molar-refractivity contribution < 1.29 is 9.90 Å². The molecule has 0 fully saturated rings. The van der Waals surface area contributed by atoms with Gasteiger partial charge in [-0.25, -0.2) is 4.79 Å². The van der Waals surface area contributed by atoms with Crippen LogP contribution in [0.2, 0.25) is 0 Å². The molecule has 0 rings (SSSR count). The van der Waals surface area contributed by atoms with Gasteiger partial charge in [-0.3, -0.25) is 0 Å². The minimum Gasteiger partial charge on any atom is -0.478 e. The Morgan fingerprint density at radius 2 is 1.19 bits per heavy atom. The molecule has 0 aliphatic heterocycles. The summed E-state index contributed by atoms with van der Waals surface area (Å²) in [4.78, 5) is 10.6. The molecule has 2 heteroatoms. The van der Waals surface area contributed by atoms with Crippen molar-refractivity contribution in [1.82, 2.24) is 0 Å². The van der Waals surface area contributed by atoms with E-state index in [0.29, 0.717) is 5.57 Å². The third kappa shape index (κ3) is 15.2. The molecule has 0 saturated heterocycles. The molecule has 0 bridgehead atoms. The van der Waals surface area contributed by atoms with E-state index in [2.05, 4.69) is 6.58 Å². The van der Waals surface area contributed by atoms with Crippen molar-refractivity contribution in [3.8, 4) is 0 Å². The lowest BCUT2D eigenvalue weighted by molar-refractivity contribution is -0.132. The summed E-state index contributed by atoms with van der Waals surface area (Å²) < 4.78 is 0. The first-order valence-electron chi connectivity index (χ1n) is 8.69. The molecule has 2 nitrogen and oxygen atoms in total. The number of carboxylic acid groups (broad SMARTS) is 1. The molecular weight excluding hydrogens is 260 g/mol. The fourth-order valence-electron chi connectivity index (χ4n) is 2.43. The molecule has 0 aromatic heterocycles. The first-order chi connectivity index (χ1) is 10.2. The van der Waals surface area contributed by atoms with Crippen molar-refractivity contribution in [3.05, 3.63) is 24.3 Å². The van der Waals surface area contributed by atoms with Gasteiger partial charge in [-0.05, 0) is 32.6 Å². The first kappa shape index (κ1) is 19.9. The van der Waals surface area contributed by atoms with Gasteiger partial charge in [-0.1, -0.05) is 69.9 Å². The third-order valence-electron chi connectivity index (χ3n) is 3.90. The Labute approximate surface area is 131 Å². The number of aliphatic carboxylic acids is 1. The maximum atomic E-state index is 10.6. The zero-order valence-corrected chi connectivity index (χ0v) is 13.9. The lowest BCUT2D eigenvalue weighted by Crippen LogP contribution is -1.95. The minimum atomic E-state index is -0.792. The van der Waals surface area contributed by atoms with E-state index in [-0.39, 0.29) is 0 Å². The standard InChI is InChI=1S/C19H34O2/c1-3-4-5-6-7-8-9-10-11-12-13-14-15-16-17-18(2)19(20)21/h3,17H,1,4-16H2,2H3,(H,20,21). The highest BCUT2D eigenvalue weighted by Crippen LogP contribution is 2.13. The van der Waals surface area contributed by atoms with E-state index in [1.54, 1.807) is 6.92 Å². The highest BCUT2D eigenvalue weighted by molar-refractivity contribution is 5.85. The lowest BCUT2D eigenvalue weighted by Gasteiger charge is -2.02. The minimum absolute atomic E-state index is 0.475. The number of rotatable bonds is 15. The molecule has 0 unspecified atom stereocenters. The summed E-state index contributed by atoms with van der Waals surface area (Å²) in [5, 5.41) is 8.71. The Morgan fingerprint density at radius 3 is 1.57 bits per heavy atom. The number of carboxylic acids is 1. The first-order valence-corrected chi connectivity index (χ1v) is 8.69. The molecule has 0 heterocycles. The average Bonchev–Trinajstić information content (AvgIpc) is 2.47. The van der Waals surface area contributed by atoms with E-state index < -0.39 is 5.97 Å². The Kier molecular flexibility index (Phi) is 14.6. The van der Waals surface area contributed by atoms with Crippen LogP contribution in [-0.4, -0.2) is 11.1 Å². The smallest absolute Gasteiger partial charge is 0.330 e. The van der Waals surface area contributed by atoms with Crippen molar-refractivity contribution >= 4 is 5.97 Å². The average molecular weight is 294 g/mol. The van der Waals surface area contributed by atoms with E-state index in [1.807, 2.05) is 12.2 Å². The SMILES string of the molecule is C=CCCCCCCCCCCCCCC=C(C)C(=O)O. The molecule has 0 amide bonds. The highest BCUT2D eigenvalue weighted by Gasteiger charge is 1.98. The van der Waals surface area contributed by atoms with Crippen LogP contribution in [0.5, 0.6) is 0 Å². The van der Waals surface area contributed by atoms with E-state index in [4.69, 9.17) is 5.11 Å². The number of hydrogen-bond donors (Lipinski definition) is 1. The lowest BCUT2D eigenvalue weighted by atomic mass is 10.0. The summed E-state index contributed by atoms with van der Waals surface area (Å²) >= 11 is 0. The van der Waals surface area contributed by atoms with Gasteiger partial charge in [-0.2, -0.15) is 0 Å². The van der Waals surface area contributed by atoms with Gasteiger partial charge in [0.15, 0.2) is 0 Å². The Bertz CT molecular complexity index is 292. The van der Waals surface area contributed by atoms with Gasteiger partial charge in [0, 0.05) is 5.57 Å². The summed E-state index contributed by atoms with van der Waals surface area (Å²) in [7, 11) is 0. The van der Waals surface area contributed by atoms with Gasteiger partial charge in [0.25, 0.3) is 0 Å². The van der Waals surface area contributed by atoms with Gasteiger partial charge < -0.3 is 5.11 Å². The highest BCUT2D eigenvalue weighted by atomic mass is 16.4. The summed E-state index contributed by atoms with van der Waals surface area (Å²) in [5.74, 6) is -0.792. The van der Waals surface area contributed by atoms with Crippen molar-refractivity contribution in [1.29, 1.82) is 0 Å². The van der Waals surface area contributed by atoms with Gasteiger partial charge in [0.2, 0.25) is 0 Å². The maximum Gasteiger partial charge on any atom is 0.330 e. The number of allylic oxidation sites excluding steroid dienone is 2. The molecule has 0 atom stereocenters. The summed E-state index contributed by atoms with van der Waals surface area (Å²) in [6.07, 6.45) is 20.4. The van der Waals surface area contributed by atoms with Gasteiger partial charge in [0.05, 0.1) is 0 Å². The molecule has 21 heavy (non-hydrogen) atoms. The van der Waals surface area contributed by atoms with Crippen LogP contribution in [0.1, 0.15) is 90.4 Å². The third-order valence-corrected chi connectivity index (χ3v) is 3.90. The fourth-order valence-corrected chi connectivity index (χ4v) is 2.43. The molecule has 0 aromatic carbocycles. The van der Waals surface area contributed by atoms with Crippen molar-refractivity contribution in [2.75, 3.05) is 0 Å². The molecule has 122 valence electrons. The van der Waals surface area contributed by atoms with Crippen LogP contribution in [0, 0.1) is 0 Å². The normalized spacial score (nSPS) is 11.6. The van der Waals surface area contributed by atoms with Crippen LogP contribution in [0.25, 0.3) is 0 Å². The predicted octanol–water partition coefficient (Wildman–Crippen LogP) is 6.27. The summed E-state index contributed by atoms with van der Waals surface area (Å²) in [5.41, 5.74) is 0.475. The van der Waals surface area contributed by atoms with Crippen molar-refractivity contribution in [3.63, 3.8) is 0 Å². The van der Waals surface area contributed by atoms with Crippen LogP contribution in [0.3, 0.4) is 0 Å². The second-order valence-corrected chi connectivity index (χ2v) is 5.95. The Morgan fingerprint density at radius 1 is 0.810 bits per heavy atom. The fraction of sp³-hybridized carbons (Fsp3) is 0.737. The van der Waals surface area contributed by atoms with Gasteiger partial charge >= 0.3 is 5.97 Å². The molecule has 0 aromatic rings. The molecule has 0 radical (unpaired) electrons. The molecule has 0 saturated carbocycles. The monoisotopic (exact) mass is 294 g/mol. The summed E-state index contributed by atoms with van der Waals surface area (Å²) in [6.45, 7) is 5.41. The van der Waals surface area contributed by atoms with E-state index in [9.17, 15) is 4.79 Å². The quantitative estimate of drug-likeness (QED) is 0.219. The maximum absolute atomic E-state index is 10.6. The largest absolute Gasteiger partial charge is 0.478 e. The molecule has 0 aliphatic carbocycles. The molecule has 1 N–H and O–H groups in total. The van der Waals surface area contributed by atoms with Crippen molar-refractivity contribution in [2.45, 2.75) is 90.4 Å². The van der Waals surface area contributed by atoms with E-state index in [1.165, 1.54) is 70.6 Å². The predicted molar refractivity (Wildman–Crippen MR) is 91.6 cm³/mol. The van der Waals surface area contributed by atoms with Crippen molar-refractivity contribution in [2.24, 2.45) is 0 Å². The van der Waals surface area contributed by atoms with Crippen LogP contribution in [0.15, 0.2) is 24.3 Å². The van der Waals surface area contributed by atoms with Gasteiger partial charge in [0.1, 0.15) is 0 Å². The molecule has 0 aliphatic rings. The molecular formula is C19H34O2. The number of carbonyl (C=O) groups is 1. The number of hydrogen-bond acceptors (Lipinski definition) is 1. The zero-order chi connectivity index (χ0) is 15.8. The second-order valence-electron chi connectivity index (χ2n) is 5.95. The van der Waals surface area contributed by atoms with E-state index in [0.717, 1.165) is 12.8 Å². The number of unbranched alkanes of at least 4 members (excludes halogenated alkanes) is 12. The van der Waals surface area contributed by atoms with Crippen LogP contribution in [-0.2, 0) is 4.79 Å². The van der Waals surface area contributed by atoms with Crippen LogP contribution < -0.4 is 0 Å². The Balaban J connectivity index is 3.14. The second kappa shape index (κ2) is 15.3. The van der Waals surface area contributed by atoms with Gasteiger partial charge in [-0.15, -0.1) is 6.58 Å². The topological polar surface area (TPSA) is 37.3 Å². The van der Waals surface area contributed by atoms with E-state index >= 15 is 0 Å².